The Bertz CT molecular complexity index is 847. The van der Waals surface area contributed by atoms with Crippen LogP contribution in [0.15, 0.2) is 54.7 Å². The van der Waals surface area contributed by atoms with E-state index in [1.54, 1.807) is 6.20 Å². The predicted octanol–water partition coefficient (Wildman–Crippen LogP) is 4.15. The highest BCUT2D eigenvalue weighted by Gasteiger charge is 2.35. The first kappa shape index (κ1) is 14.9. The number of amides is 1. The molecule has 1 heterocycles. The molecule has 122 valence electrons. The monoisotopic (exact) mass is 319 g/mol. The van der Waals surface area contributed by atoms with Crippen molar-refractivity contribution in [2.75, 3.05) is 0 Å². The second-order valence-electron chi connectivity index (χ2n) is 6.63. The number of benzene rings is 2. The molecule has 4 rings (SSSR count). The zero-order chi connectivity index (χ0) is 16.4. The van der Waals surface area contributed by atoms with Crippen LogP contribution in [-0.4, -0.2) is 16.1 Å². The quantitative estimate of drug-likeness (QED) is 0.762. The summed E-state index contributed by atoms with van der Waals surface area (Å²) in [5.41, 5.74) is 2.59. The molecule has 4 heteroatoms. The number of aromatic nitrogens is 2. The molecule has 2 N–H and O–H groups in total. The molecule has 0 unspecified atom stereocenters. The molecule has 2 aromatic carbocycles. The molecule has 0 radical (unpaired) electrons. The molecule has 24 heavy (non-hydrogen) atoms. The summed E-state index contributed by atoms with van der Waals surface area (Å²) in [6.45, 7) is 0. The molecule has 1 aliphatic rings. The normalized spacial score (nSPS) is 16.8. The standard InChI is InChI=1S/C20H21N3O/c24-19(15-9-10-18-16(13-15)14-21-23-18)22-20(11-5-2-6-12-20)17-7-3-1-4-8-17/h1,3-4,7-10,13-14H,2,5-6,11-12H2,(H,21,23)(H,22,24). The van der Waals surface area contributed by atoms with Crippen molar-refractivity contribution in [3.63, 3.8) is 0 Å². The number of hydrogen-bond donors (Lipinski definition) is 2. The molecular weight excluding hydrogens is 298 g/mol. The summed E-state index contributed by atoms with van der Waals surface area (Å²) in [4.78, 5) is 12.9. The zero-order valence-corrected chi connectivity index (χ0v) is 13.6. The molecule has 0 saturated heterocycles. The van der Waals surface area contributed by atoms with E-state index in [9.17, 15) is 4.79 Å². The van der Waals surface area contributed by atoms with Crippen molar-refractivity contribution in [2.45, 2.75) is 37.6 Å². The van der Waals surface area contributed by atoms with Crippen molar-refractivity contribution in [3.05, 3.63) is 65.9 Å². The summed E-state index contributed by atoms with van der Waals surface area (Å²) in [6.07, 6.45) is 7.28. The van der Waals surface area contributed by atoms with Gasteiger partial charge in [0.05, 0.1) is 17.3 Å². The summed E-state index contributed by atoms with van der Waals surface area (Å²) >= 11 is 0. The first-order valence-electron chi connectivity index (χ1n) is 8.58. The van der Waals surface area contributed by atoms with Gasteiger partial charge in [-0.05, 0) is 36.6 Å². The summed E-state index contributed by atoms with van der Waals surface area (Å²) in [6, 6.07) is 16.1. The molecule has 1 aliphatic carbocycles. The molecular formula is C20H21N3O. The topological polar surface area (TPSA) is 57.8 Å². The first-order chi connectivity index (χ1) is 11.8. The van der Waals surface area contributed by atoms with Crippen molar-refractivity contribution in [1.29, 1.82) is 0 Å². The third-order valence-corrected chi connectivity index (χ3v) is 5.09. The van der Waals surface area contributed by atoms with Crippen molar-refractivity contribution in [3.8, 4) is 0 Å². The molecule has 1 amide bonds. The molecule has 1 saturated carbocycles. The maximum Gasteiger partial charge on any atom is 0.251 e. The number of nitrogens with zero attached hydrogens (tertiary/aromatic N) is 1. The Kier molecular flexibility index (Phi) is 3.81. The van der Waals surface area contributed by atoms with E-state index >= 15 is 0 Å². The van der Waals surface area contributed by atoms with Gasteiger partial charge in [0.15, 0.2) is 0 Å². The van der Waals surface area contributed by atoms with Gasteiger partial charge in [0.25, 0.3) is 5.91 Å². The largest absolute Gasteiger partial charge is 0.343 e. The predicted molar refractivity (Wildman–Crippen MR) is 94.8 cm³/mol. The lowest BCUT2D eigenvalue weighted by molar-refractivity contribution is 0.0866. The van der Waals surface area contributed by atoms with E-state index in [0.717, 1.165) is 36.6 Å². The minimum absolute atomic E-state index is 0.0103. The van der Waals surface area contributed by atoms with E-state index in [0.29, 0.717) is 5.56 Å². The van der Waals surface area contributed by atoms with Gasteiger partial charge in [-0.2, -0.15) is 5.10 Å². The Balaban J connectivity index is 1.65. The molecule has 0 bridgehead atoms. The molecule has 4 nitrogen and oxygen atoms in total. The van der Waals surface area contributed by atoms with Crippen LogP contribution in [0.25, 0.3) is 10.9 Å². The maximum absolute atomic E-state index is 12.9. The lowest BCUT2D eigenvalue weighted by atomic mass is 9.76. The number of carbonyl (C=O) groups excluding carboxylic acids is 1. The summed E-state index contributed by atoms with van der Waals surface area (Å²) < 4.78 is 0. The van der Waals surface area contributed by atoms with Gasteiger partial charge in [0.1, 0.15) is 0 Å². The van der Waals surface area contributed by atoms with Crippen molar-refractivity contribution >= 4 is 16.8 Å². The fourth-order valence-electron chi connectivity index (χ4n) is 3.77. The average molecular weight is 319 g/mol. The van der Waals surface area contributed by atoms with Crippen molar-refractivity contribution in [2.24, 2.45) is 0 Å². The number of hydrogen-bond acceptors (Lipinski definition) is 2. The second-order valence-corrected chi connectivity index (χ2v) is 6.63. The number of fused-ring (bicyclic) bond motifs is 1. The van der Waals surface area contributed by atoms with Crippen molar-refractivity contribution < 1.29 is 4.79 Å². The Hall–Kier alpha value is -2.62. The smallest absolute Gasteiger partial charge is 0.251 e. The number of carbonyl (C=O) groups is 1. The third kappa shape index (κ3) is 2.68. The first-order valence-corrected chi connectivity index (χ1v) is 8.58. The van der Waals surface area contributed by atoms with Gasteiger partial charge in [-0.3, -0.25) is 9.89 Å². The van der Waals surface area contributed by atoms with E-state index in [2.05, 4.69) is 39.8 Å². The van der Waals surface area contributed by atoms with Crippen LogP contribution in [0.5, 0.6) is 0 Å². The van der Waals surface area contributed by atoms with Crippen LogP contribution in [0, 0.1) is 0 Å². The van der Waals surface area contributed by atoms with Crippen molar-refractivity contribution in [1.82, 2.24) is 15.5 Å². The number of H-pyrrole nitrogens is 1. The van der Waals surface area contributed by atoms with Gasteiger partial charge in [-0.15, -0.1) is 0 Å². The Morgan fingerprint density at radius 2 is 1.83 bits per heavy atom. The average Bonchev–Trinajstić information content (AvgIpc) is 3.11. The van der Waals surface area contributed by atoms with Crippen LogP contribution in [0.3, 0.4) is 0 Å². The third-order valence-electron chi connectivity index (χ3n) is 5.09. The van der Waals surface area contributed by atoms with E-state index in [1.807, 2.05) is 24.3 Å². The maximum atomic E-state index is 12.9. The van der Waals surface area contributed by atoms with E-state index in [1.165, 1.54) is 12.0 Å². The highest BCUT2D eigenvalue weighted by molar-refractivity contribution is 5.98. The van der Waals surface area contributed by atoms with Gasteiger partial charge < -0.3 is 5.32 Å². The van der Waals surface area contributed by atoms with E-state index < -0.39 is 0 Å². The molecule has 1 aromatic heterocycles. The van der Waals surface area contributed by atoms with Crippen LogP contribution in [0.1, 0.15) is 48.0 Å². The number of nitrogens with one attached hydrogen (secondary N) is 2. The highest BCUT2D eigenvalue weighted by atomic mass is 16.1. The van der Waals surface area contributed by atoms with Gasteiger partial charge >= 0.3 is 0 Å². The van der Waals surface area contributed by atoms with Crippen LogP contribution in [0.2, 0.25) is 0 Å². The van der Waals surface area contributed by atoms with Crippen LogP contribution >= 0.6 is 0 Å². The van der Waals surface area contributed by atoms with E-state index in [4.69, 9.17) is 0 Å². The van der Waals surface area contributed by atoms with E-state index in [-0.39, 0.29) is 11.4 Å². The van der Waals surface area contributed by atoms with Gasteiger partial charge in [0.2, 0.25) is 0 Å². The van der Waals surface area contributed by atoms with Crippen LogP contribution < -0.4 is 5.32 Å². The Labute approximate surface area is 141 Å². The van der Waals surface area contributed by atoms with Crippen LogP contribution in [0.4, 0.5) is 0 Å². The van der Waals surface area contributed by atoms with Gasteiger partial charge in [0, 0.05) is 10.9 Å². The molecule has 0 aliphatic heterocycles. The second kappa shape index (κ2) is 6.11. The summed E-state index contributed by atoms with van der Waals surface area (Å²) in [5.74, 6) is -0.0103. The summed E-state index contributed by atoms with van der Waals surface area (Å²) in [7, 11) is 0. The number of rotatable bonds is 3. The van der Waals surface area contributed by atoms with Crippen LogP contribution in [-0.2, 0) is 5.54 Å². The zero-order valence-electron chi connectivity index (χ0n) is 13.6. The fraction of sp³-hybridized carbons (Fsp3) is 0.300. The highest BCUT2D eigenvalue weighted by Crippen LogP contribution is 2.37. The summed E-state index contributed by atoms with van der Waals surface area (Å²) in [5, 5.41) is 11.3. The lowest BCUT2D eigenvalue weighted by Crippen LogP contribution is -2.47. The number of aromatic amines is 1. The molecule has 3 aromatic rings. The molecule has 0 spiro atoms. The fourth-order valence-corrected chi connectivity index (χ4v) is 3.77. The minimum Gasteiger partial charge on any atom is -0.343 e. The molecule has 0 atom stereocenters. The Morgan fingerprint density at radius 3 is 2.62 bits per heavy atom. The molecule has 1 fully saturated rings. The minimum atomic E-state index is -0.248. The Morgan fingerprint density at radius 1 is 1.04 bits per heavy atom. The van der Waals surface area contributed by atoms with Gasteiger partial charge in [-0.25, -0.2) is 0 Å². The van der Waals surface area contributed by atoms with Gasteiger partial charge in [-0.1, -0.05) is 49.6 Å². The SMILES string of the molecule is O=C(NC1(c2ccccc2)CCCCC1)c1ccc2[nH]ncc2c1. The lowest BCUT2D eigenvalue weighted by Gasteiger charge is -2.38.